The van der Waals surface area contributed by atoms with Crippen molar-refractivity contribution >= 4 is 0 Å². The third kappa shape index (κ3) is 2.42. The molecule has 2 heteroatoms. The lowest BCUT2D eigenvalue weighted by atomic mass is 9.45. The summed E-state index contributed by atoms with van der Waals surface area (Å²) in [4.78, 5) is 0. The van der Waals surface area contributed by atoms with Gasteiger partial charge in [-0.3, -0.25) is 0 Å². The lowest BCUT2D eigenvalue weighted by molar-refractivity contribution is -0.159. The Balaban J connectivity index is 1.60. The van der Waals surface area contributed by atoms with Crippen LogP contribution in [0.4, 0.5) is 0 Å². The average molecular weight is 334 g/mol. The van der Waals surface area contributed by atoms with Crippen molar-refractivity contribution in [1.82, 2.24) is 5.32 Å². The van der Waals surface area contributed by atoms with Crippen molar-refractivity contribution in [1.29, 1.82) is 0 Å². The summed E-state index contributed by atoms with van der Waals surface area (Å²) in [5.74, 6) is 3.78. The minimum atomic E-state index is -0.0393. The Morgan fingerprint density at radius 3 is 2.62 bits per heavy atom. The normalized spacial score (nSPS) is 54.0. The number of fused-ring (bicyclic) bond motifs is 5. The lowest BCUT2D eigenvalue weighted by Gasteiger charge is -2.62. The molecule has 1 aliphatic heterocycles. The Hall–Kier alpha value is -0.0800. The van der Waals surface area contributed by atoms with E-state index in [1.807, 2.05) is 0 Å². The van der Waals surface area contributed by atoms with Crippen LogP contribution in [0.5, 0.6) is 0 Å². The predicted octanol–water partition coefficient (Wildman–Crippen LogP) is 4.62. The lowest BCUT2D eigenvalue weighted by Crippen LogP contribution is -2.60. The number of piperidine rings is 1. The quantitative estimate of drug-likeness (QED) is 0.790. The third-order valence-electron chi connectivity index (χ3n) is 9.42. The summed E-state index contributed by atoms with van der Waals surface area (Å²) >= 11 is 0. The van der Waals surface area contributed by atoms with Crippen LogP contribution in [0.3, 0.4) is 0 Å². The van der Waals surface area contributed by atoms with Crippen molar-refractivity contribution in [3.05, 3.63) is 0 Å². The highest BCUT2D eigenvalue weighted by atomic mass is 16.3. The highest BCUT2D eigenvalue weighted by Crippen LogP contribution is 2.66. The third-order valence-corrected chi connectivity index (χ3v) is 9.42. The number of aliphatic hydroxyl groups excluding tert-OH is 1. The number of rotatable bonds is 3. The van der Waals surface area contributed by atoms with E-state index in [-0.39, 0.29) is 6.10 Å². The van der Waals surface area contributed by atoms with E-state index in [1.165, 1.54) is 57.9 Å². The van der Waals surface area contributed by atoms with Gasteiger partial charge in [0.1, 0.15) is 0 Å². The molecule has 0 radical (unpaired) electrons. The van der Waals surface area contributed by atoms with E-state index in [9.17, 15) is 5.11 Å². The molecule has 0 aromatic heterocycles. The van der Waals surface area contributed by atoms with Gasteiger partial charge >= 0.3 is 0 Å². The number of nitrogens with one attached hydrogen (secondary N) is 1. The molecule has 138 valence electrons. The van der Waals surface area contributed by atoms with Gasteiger partial charge in [0.25, 0.3) is 0 Å². The van der Waals surface area contributed by atoms with Gasteiger partial charge in [-0.05, 0) is 98.5 Å². The highest BCUT2D eigenvalue weighted by Gasteiger charge is 2.61. The molecule has 3 saturated carbocycles. The molecule has 2 N–H and O–H groups in total. The fourth-order valence-electron chi connectivity index (χ4n) is 7.89. The maximum absolute atomic E-state index is 11.2. The summed E-state index contributed by atoms with van der Waals surface area (Å²) in [7, 11) is 0. The first-order valence-corrected chi connectivity index (χ1v) is 10.9. The maximum Gasteiger partial charge on any atom is 0.0577 e. The second kappa shape index (κ2) is 6.27. The van der Waals surface area contributed by atoms with Crippen molar-refractivity contribution in [2.24, 2.45) is 40.4 Å². The Kier molecular flexibility index (Phi) is 4.53. The number of hydrogen-bond donors (Lipinski definition) is 2. The molecule has 3 aliphatic carbocycles. The molecule has 8 atom stereocenters. The van der Waals surface area contributed by atoms with Crippen LogP contribution in [0.25, 0.3) is 0 Å². The molecule has 0 aromatic rings. The van der Waals surface area contributed by atoms with Crippen molar-refractivity contribution in [3.63, 3.8) is 0 Å². The molecule has 1 heterocycles. The molecule has 0 amide bonds. The standard InChI is InChI=1S/C22H39NO/c1-4-5-6-15-7-8-17-20-18(9-10-21(15,17)2)22(3)11-12-23-14-16(22)13-19(20)24/h15-20,23-24H,4-14H2,1-3H3. The van der Waals surface area contributed by atoms with Gasteiger partial charge < -0.3 is 10.4 Å². The molecule has 4 fully saturated rings. The second-order valence-electron chi connectivity index (χ2n) is 10.2. The van der Waals surface area contributed by atoms with Gasteiger partial charge in [-0.15, -0.1) is 0 Å². The first kappa shape index (κ1) is 17.3. The Bertz CT molecular complexity index is 465. The molecule has 2 nitrogen and oxygen atoms in total. The van der Waals surface area contributed by atoms with Crippen LogP contribution in [-0.4, -0.2) is 24.3 Å². The molecule has 0 bridgehead atoms. The minimum absolute atomic E-state index is 0.0393. The molecule has 0 aromatic carbocycles. The maximum atomic E-state index is 11.2. The first-order valence-electron chi connectivity index (χ1n) is 10.9. The monoisotopic (exact) mass is 333 g/mol. The summed E-state index contributed by atoms with van der Waals surface area (Å²) in [6, 6.07) is 0. The minimum Gasteiger partial charge on any atom is -0.393 e. The van der Waals surface area contributed by atoms with Crippen LogP contribution in [-0.2, 0) is 0 Å². The predicted molar refractivity (Wildman–Crippen MR) is 99.8 cm³/mol. The van der Waals surface area contributed by atoms with Crippen LogP contribution in [0.2, 0.25) is 0 Å². The second-order valence-corrected chi connectivity index (χ2v) is 10.2. The van der Waals surface area contributed by atoms with Gasteiger partial charge in [0, 0.05) is 0 Å². The summed E-state index contributed by atoms with van der Waals surface area (Å²) < 4.78 is 0. The van der Waals surface area contributed by atoms with Gasteiger partial charge in [-0.25, -0.2) is 0 Å². The summed E-state index contributed by atoms with van der Waals surface area (Å²) in [6.07, 6.45) is 12.1. The van der Waals surface area contributed by atoms with E-state index in [1.54, 1.807) is 0 Å². The SMILES string of the molecule is CCCCC1CCC2C3C(O)CC4CNCCC4(C)C3CCC12C. The number of unbranched alkanes of at least 4 members (excludes halogenated alkanes) is 1. The van der Waals surface area contributed by atoms with E-state index in [0.717, 1.165) is 30.7 Å². The van der Waals surface area contributed by atoms with Crippen molar-refractivity contribution < 1.29 is 5.11 Å². The summed E-state index contributed by atoms with van der Waals surface area (Å²) in [5, 5.41) is 14.8. The van der Waals surface area contributed by atoms with Crippen LogP contribution >= 0.6 is 0 Å². The summed E-state index contributed by atoms with van der Waals surface area (Å²) in [6.45, 7) is 9.83. The molecule has 4 aliphatic rings. The molecule has 1 saturated heterocycles. The number of hydrogen-bond acceptors (Lipinski definition) is 2. The van der Waals surface area contributed by atoms with E-state index in [2.05, 4.69) is 26.1 Å². The Labute approximate surface area is 149 Å². The van der Waals surface area contributed by atoms with Crippen LogP contribution < -0.4 is 5.32 Å². The molecular weight excluding hydrogens is 294 g/mol. The molecule has 4 rings (SSSR count). The fourth-order valence-corrected chi connectivity index (χ4v) is 7.89. The van der Waals surface area contributed by atoms with Crippen molar-refractivity contribution in [2.45, 2.75) is 84.7 Å². The molecular formula is C22H39NO. The zero-order valence-corrected chi connectivity index (χ0v) is 16.2. The van der Waals surface area contributed by atoms with Gasteiger partial charge in [0.2, 0.25) is 0 Å². The summed E-state index contributed by atoms with van der Waals surface area (Å²) in [5.41, 5.74) is 1.01. The Morgan fingerprint density at radius 2 is 1.83 bits per heavy atom. The van der Waals surface area contributed by atoms with Gasteiger partial charge in [-0.2, -0.15) is 0 Å². The van der Waals surface area contributed by atoms with Crippen LogP contribution in [0.15, 0.2) is 0 Å². The fraction of sp³-hybridized carbons (Fsp3) is 1.00. The van der Waals surface area contributed by atoms with E-state index in [4.69, 9.17) is 0 Å². The number of aliphatic hydroxyl groups is 1. The molecule has 0 spiro atoms. The van der Waals surface area contributed by atoms with Crippen LogP contribution in [0, 0.1) is 40.4 Å². The zero-order valence-electron chi connectivity index (χ0n) is 16.2. The van der Waals surface area contributed by atoms with Gasteiger partial charge in [0.15, 0.2) is 0 Å². The van der Waals surface area contributed by atoms with Gasteiger partial charge in [0.05, 0.1) is 6.10 Å². The van der Waals surface area contributed by atoms with Crippen molar-refractivity contribution in [3.8, 4) is 0 Å². The van der Waals surface area contributed by atoms with E-state index < -0.39 is 0 Å². The van der Waals surface area contributed by atoms with Crippen LogP contribution in [0.1, 0.15) is 78.6 Å². The smallest absolute Gasteiger partial charge is 0.0577 e. The van der Waals surface area contributed by atoms with Gasteiger partial charge in [-0.1, -0.05) is 33.6 Å². The first-order chi connectivity index (χ1) is 11.5. The zero-order chi connectivity index (χ0) is 16.9. The average Bonchev–Trinajstić information content (AvgIpc) is 2.90. The van der Waals surface area contributed by atoms with E-state index >= 15 is 0 Å². The molecule has 8 unspecified atom stereocenters. The van der Waals surface area contributed by atoms with E-state index in [0.29, 0.717) is 22.7 Å². The Morgan fingerprint density at radius 1 is 1.04 bits per heavy atom. The largest absolute Gasteiger partial charge is 0.393 e. The highest BCUT2D eigenvalue weighted by molar-refractivity contribution is 5.11. The molecule has 24 heavy (non-hydrogen) atoms. The van der Waals surface area contributed by atoms with Crippen molar-refractivity contribution in [2.75, 3.05) is 13.1 Å². The topological polar surface area (TPSA) is 32.3 Å².